The van der Waals surface area contributed by atoms with Crippen LogP contribution in [0.3, 0.4) is 0 Å². The molecule has 5 nitrogen and oxygen atoms in total. The van der Waals surface area contributed by atoms with Crippen LogP contribution in [-0.2, 0) is 12.8 Å². The van der Waals surface area contributed by atoms with Crippen molar-refractivity contribution >= 4 is 0 Å². The molecule has 0 aliphatic rings. The fourth-order valence-electron chi connectivity index (χ4n) is 1.79. The van der Waals surface area contributed by atoms with Gasteiger partial charge < -0.3 is 14.7 Å². The van der Waals surface area contributed by atoms with Crippen LogP contribution in [0, 0.1) is 5.92 Å². The number of likely N-dealkylation sites (N-methyl/N-ethyl adjacent to an activating group) is 2. The molecule has 1 atom stereocenters. The molecule has 104 valence electrons. The first-order valence-corrected chi connectivity index (χ1v) is 6.72. The molecule has 5 heteroatoms. The van der Waals surface area contributed by atoms with Crippen LogP contribution in [0.4, 0.5) is 0 Å². The van der Waals surface area contributed by atoms with E-state index in [1.807, 2.05) is 14.1 Å². The van der Waals surface area contributed by atoms with Crippen molar-refractivity contribution in [2.45, 2.75) is 39.7 Å². The van der Waals surface area contributed by atoms with E-state index in [0.29, 0.717) is 12.0 Å². The summed E-state index contributed by atoms with van der Waals surface area (Å²) >= 11 is 0. The predicted molar refractivity (Wildman–Crippen MR) is 72.6 cm³/mol. The Labute approximate surface area is 110 Å². The van der Waals surface area contributed by atoms with Crippen LogP contribution in [-0.4, -0.2) is 48.3 Å². The molecule has 1 N–H and O–H groups in total. The van der Waals surface area contributed by atoms with Gasteiger partial charge in [-0.15, -0.1) is 0 Å². The zero-order chi connectivity index (χ0) is 13.5. The Morgan fingerprint density at radius 2 is 2.06 bits per heavy atom. The van der Waals surface area contributed by atoms with E-state index in [1.54, 1.807) is 0 Å². The van der Waals surface area contributed by atoms with Gasteiger partial charge in [-0.3, -0.25) is 0 Å². The SMILES string of the molecule is CCNC(Cc1nc(CCN(C)C)no1)C(C)C. The van der Waals surface area contributed by atoms with Crippen LogP contribution in [0.5, 0.6) is 0 Å². The van der Waals surface area contributed by atoms with Gasteiger partial charge in [-0.2, -0.15) is 4.98 Å². The molecule has 0 spiro atoms. The summed E-state index contributed by atoms with van der Waals surface area (Å²) in [4.78, 5) is 6.56. The maximum absolute atomic E-state index is 5.30. The summed E-state index contributed by atoms with van der Waals surface area (Å²) in [5.41, 5.74) is 0. The average molecular weight is 254 g/mol. The summed E-state index contributed by atoms with van der Waals surface area (Å²) in [6, 6.07) is 0.400. The zero-order valence-electron chi connectivity index (χ0n) is 12.2. The van der Waals surface area contributed by atoms with Crippen LogP contribution in [0.1, 0.15) is 32.5 Å². The lowest BCUT2D eigenvalue weighted by atomic mass is 10.0. The first-order valence-electron chi connectivity index (χ1n) is 6.72. The molecule has 0 aromatic carbocycles. The van der Waals surface area contributed by atoms with Crippen molar-refractivity contribution in [2.75, 3.05) is 27.2 Å². The fourth-order valence-corrected chi connectivity index (χ4v) is 1.79. The van der Waals surface area contributed by atoms with Gasteiger partial charge in [-0.25, -0.2) is 0 Å². The Hall–Kier alpha value is -0.940. The Kier molecular flexibility index (Phi) is 6.29. The number of hydrogen-bond acceptors (Lipinski definition) is 5. The molecule has 0 aliphatic carbocycles. The van der Waals surface area contributed by atoms with Gasteiger partial charge in [-0.1, -0.05) is 25.9 Å². The van der Waals surface area contributed by atoms with E-state index in [4.69, 9.17) is 4.52 Å². The second-order valence-electron chi connectivity index (χ2n) is 5.27. The van der Waals surface area contributed by atoms with Crippen LogP contribution >= 0.6 is 0 Å². The van der Waals surface area contributed by atoms with Gasteiger partial charge in [0.05, 0.1) is 0 Å². The first kappa shape index (κ1) is 15.1. The highest BCUT2D eigenvalue weighted by atomic mass is 16.5. The van der Waals surface area contributed by atoms with Crippen molar-refractivity contribution in [1.82, 2.24) is 20.4 Å². The van der Waals surface area contributed by atoms with Gasteiger partial charge in [0.15, 0.2) is 5.82 Å². The topological polar surface area (TPSA) is 54.2 Å². The molecule has 0 saturated heterocycles. The molecule has 0 fully saturated rings. The monoisotopic (exact) mass is 254 g/mol. The molecule has 1 unspecified atom stereocenters. The minimum atomic E-state index is 0.400. The van der Waals surface area contributed by atoms with E-state index in [-0.39, 0.29) is 0 Å². The van der Waals surface area contributed by atoms with E-state index in [2.05, 4.69) is 41.1 Å². The van der Waals surface area contributed by atoms with Gasteiger partial charge in [0, 0.05) is 25.4 Å². The number of rotatable bonds is 8. The van der Waals surface area contributed by atoms with Crippen molar-refractivity contribution < 1.29 is 4.52 Å². The molecule has 18 heavy (non-hydrogen) atoms. The summed E-state index contributed by atoms with van der Waals surface area (Å²) < 4.78 is 5.30. The minimum absolute atomic E-state index is 0.400. The summed E-state index contributed by atoms with van der Waals surface area (Å²) in [5, 5.41) is 7.47. The largest absolute Gasteiger partial charge is 0.339 e. The average Bonchev–Trinajstić information content (AvgIpc) is 2.73. The van der Waals surface area contributed by atoms with E-state index in [0.717, 1.165) is 37.6 Å². The lowest BCUT2D eigenvalue weighted by Crippen LogP contribution is -2.35. The number of nitrogens with one attached hydrogen (secondary N) is 1. The molecule has 0 bridgehead atoms. The van der Waals surface area contributed by atoms with Crippen LogP contribution in [0.25, 0.3) is 0 Å². The third-order valence-electron chi connectivity index (χ3n) is 2.96. The zero-order valence-corrected chi connectivity index (χ0v) is 12.2. The lowest BCUT2D eigenvalue weighted by molar-refractivity contribution is 0.325. The number of hydrogen-bond donors (Lipinski definition) is 1. The standard InChI is InChI=1S/C13H26N4O/c1-6-14-11(10(2)3)9-13-15-12(16-18-13)7-8-17(4)5/h10-11,14H,6-9H2,1-5H3. The van der Waals surface area contributed by atoms with E-state index < -0.39 is 0 Å². The van der Waals surface area contributed by atoms with Gasteiger partial charge in [0.25, 0.3) is 0 Å². The predicted octanol–water partition coefficient (Wildman–Crippen LogP) is 1.35. The molecule has 0 amide bonds. The van der Waals surface area contributed by atoms with Gasteiger partial charge >= 0.3 is 0 Å². The minimum Gasteiger partial charge on any atom is -0.339 e. The van der Waals surface area contributed by atoms with Crippen molar-refractivity contribution in [3.05, 3.63) is 11.7 Å². The summed E-state index contributed by atoms with van der Waals surface area (Å²) in [6.45, 7) is 8.43. The Balaban J connectivity index is 2.51. The molecule has 1 rings (SSSR count). The van der Waals surface area contributed by atoms with E-state index >= 15 is 0 Å². The Morgan fingerprint density at radius 1 is 1.33 bits per heavy atom. The van der Waals surface area contributed by atoms with Gasteiger partial charge in [0.1, 0.15) is 0 Å². The summed E-state index contributed by atoms with van der Waals surface area (Å²) in [7, 11) is 4.09. The molecule has 1 aromatic rings. The maximum Gasteiger partial charge on any atom is 0.228 e. The van der Waals surface area contributed by atoms with Crippen LogP contribution < -0.4 is 5.32 Å². The third kappa shape index (κ3) is 5.14. The smallest absolute Gasteiger partial charge is 0.228 e. The molecular weight excluding hydrogens is 228 g/mol. The second-order valence-corrected chi connectivity index (χ2v) is 5.27. The van der Waals surface area contributed by atoms with Gasteiger partial charge in [0.2, 0.25) is 5.89 Å². The van der Waals surface area contributed by atoms with Crippen molar-refractivity contribution in [1.29, 1.82) is 0 Å². The Morgan fingerprint density at radius 3 is 2.61 bits per heavy atom. The van der Waals surface area contributed by atoms with Crippen LogP contribution in [0.15, 0.2) is 4.52 Å². The molecular formula is C13H26N4O. The number of aromatic nitrogens is 2. The lowest BCUT2D eigenvalue weighted by Gasteiger charge is -2.19. The van der Waals surface area contributed by atoms with Crippen molar-refractivity contribution in [3.63, 3.8) is 0 Å². The summed E-state index contributed by atoms with van der Waals surface area (Å²) in [5.74, 6) is 2.10. The highest BCUT2D eigenvalue weighted by molar-refractivity contribution is 4.91. The van der Waals surface area contributed by atoms with Crippen molar-refractivity contribution in [2.24, 2.45) is 5.92 Å². The van der Waals surface area contributed by atoms with E-state index in [9.17, 15) is 0 Å². The molecule has 0 saturated carbocycles. The first-order chi connectivity index (χ1) is 8.52. The molecule has 1 heterocycles. The quantitative estimate of drug-likeness (QED) is 0.759. The van der Waals surface area contributed by atoms with Crippen molar-refractivity contribution in [3.8, 4) is 0 Å². The maximum atomic E-state index is 5.30. The van der Waals surface area contributed by atoms with E-state index in [1.165, 1.54) is 0 Å². The second kappa shape index (κ2) is 7.48. The normalized spacial score (nSPS) is 13.5. The molecule has 0 radical (unpaired) electrons. The third-order valence-corrected chi connectivity index (χ3v) is 2.96. The number of nitrogens with zero attached hydrogens (tertiary/aromatic N) is 3. The summed E-state index contributed by atoms with van der Waals surface area (Å²) in [6.07, 6.45) is 1.64. The van der Waals surface area contributed by atoms with Gasteiger partial charge in [-0.05, 0) is 26.6 Å². The molecule has 0 aliphatic heterocycles. The highest BCUT2D eigenvalue weighted by Crippen LogP contribution is 2.09. The molecule has 1 aromatic heterocycles. The Bertz CT molecular complexity index is 335. The highest BCUT2D eigenvalue weighted by Gasteiger charge is 2.16. The fraction of sp³-hybridized carbons (Fsp3) is 0.846. The van der Waals surface area contributed by atoms with Crippen LogP contribution in [0.2, 0.25) is 0 Å².